The zero-order valence-electron chi connectivity index (χ0n) is 20.2. The van der Waals surface area contributed by atoms with Gasteiger partial charge in [0.2, 0.25) is 0 Å². The summed E-state index contributed by atoms with van der Waals surface area (Å²) in [6.07, 6.45) is 5.44. The third-order valence-electron chi connectivity index (χ3n) is 6.44. The van der Waals surface area contributed by atoms with Gasteiger partial charge in [-0.25, -0.2) is 9.97 Å². The normalized spacial score (nSPS) is 15.6. The van der Waals surface area contributed by atoms with Gasteiger partial charge in [0.15, 0.2) is 0 Å². The molecule has 0 spiro atoms. The summed E-state index contributed by atoms with van der Waals surface area (Å²) in [5, 5.41) is 0.393. The number of carbonyl (C=O) groups excluding carboxylic acids is 3. The van der Waals surface area contributed by atoms with Crippen molar-refractivity contribution in [1.29, 1.82) is 0 Å². The number of methoxy groups -OCH3 is 1. The lowest BCUT2D eigenvalue weighted by Gasteiger charge is -2.39. The number of ether oxygens (including phenoxy) is 1. The van der Waals surface area contributed by atoms with Gasteiger partial charge < -0.3 is 24.5 Å². The van der Waals surface area contributed by atoms with Crippen molar-refractivity contribution in [3.05, 3.63) is 76.6 Å². The van der Waals surface area contributed by atoms with Gasteiger partial charge in [-0.1, -0.05) is 18.2 Å². The molecule has 2 amide bonds. The van der Waals surface area contributed by atoms with Crippen LogP contribution in [-0.2, 0) is 4.79 Å². The van der Waals surface area contributed by atoms with Crippen LogP contribution in [0.15, 0.2) is 59.9 Å². The van der Waals surface area contributed by atoms with Crippen molar-refractivity contribution in [2.45, 2.75) is 13.0 Å². The van der Waals surface area contributed by atoms with Crippen LogP contribution in [0.3, 0.4) is 0 Å². The average molecular weight is 501 g/mol. The summed E-state index contributed by atoms with van der Waals surface area (Å²) >= 11 is 0. The van der Waals surface area contributed by atoms with Gasteiger partial charge in [-0.05, 0) is 19.1 Å². The summed E-state index contributed by atoms with van der Waals surface area (Å²) in [7, 11) is 1.45. The number of benzene rings is 1. The molecule has 1 atom stereocenters. The number of nitrogens with zero attached hydrogens (tertiary/aromatic N) is 4. The van der Waals surface area contributed by atoms with Crippen LogP contribution >= 0.6 is 0 Å². The maximum atomic E-state index is 13.4. The lowest BCUT2D eigenvalue weighted by Crippen LogP contribution is -2.56. The fourth-order valence-corrected chi connectivity index (χ4v) is 4.57. The lowest BCUT2D eigenvalue weighted by atomic mass is 10.1. The summed E-state index contributed by atoms with van der Waals surface area (Å²) in [5.41, 5.74) is 1.58. The minimum atomic E-state index is -0.703. The summed E-state index contributed by atoms with van der Waals surface area (Å²) in [5.74, 6) is -1.16. The van der Waals surface area contributed by atoms with Crippen LogP contribution < -0.4 is 10.3 Å². The maximum absolute atomic E-state index is 13.4. The zero-order chi connectivity index (χ0) is 26.1. The van der Waals surface area contributed by atoms with Gasteiger partial charge in [0.05, 0.1) is 36.0 Å². The monoisotopic (exact) mass is 500 g/mol. The predicted octanol–water partition coefficient (Wildman–Crippen LogP) is 1.88. The zero-order valence-corrected chi connectivity index (χ0v) is 20.2. The van der Waals surface area contributed by atoms with Crippen molar-refractivity contribution >= 4 is 28.5 Å². The number of hydrogen-bond donors (Lipinski definition) is 2. The van der Waals surface area contributed by atoms with Gasteiger partial charge in [-0.3, -0.25) is 19.2 Å². The number of piperazine rings is 1. The van der Waals surface area contributed by atoms with Crippen LogP contribution in [-0.4, -0.2) is 80.1 Å². The van der Waals surface area contributed by atoms with Crippen LogP contribution in [0, 0.1) is 0 Å². The SMILES string of the molecule is COc1cnc(-c2c[nH]c(=O)cn2)c2[nH]cc(C(=O)C(=O)N3CCN(C(=O)c4ccccc4)C(C)C3)c12. The van der Waals surface area contributed by atoms with Crippen molar-refractivity contribution in [1.82, 2.24) is 29.7 Å². The molecule has 5 rings (SSSR count). The number of aromatic amines is 2. The predicted molar refractivity (Wildman–Crippen MR) is 134 cm³/mol. The number of fused-ring (bicyclic) bond motifs is 1. The Hall–Kier alpha value is -4.80. The summed E-state index contributed by atoms with van der Waals surface area (Å²) < 4.78 is 5.43. The van der Waals surface area contributed by atoms with Crippen LogP contribution in [0.5, 0.6) is 5.75 Å². The second-order valence-electron chi connectivity index (χ2n) is 8.72. The van der Waals surface area contributed by atoms with E-state index in [-0.39, 0.29) is 36.2 Å². The van der Waals surface area contributed by atoms with Crippen LogP contribution in [0.1, 0.15) is 27.6 Å². The van der Waals surface area contributed by atoms with Crippen molar-refractivity contribution in [2.75, 3.05) is 26.7 Å². The first kappa shape index (κ1) is 23.9. The molecule has 1 unspecified atom stereocenters. The third-order valence-corrected chi connectivity index (χ3v) is 6.44. The Morgan fingerprint density at radius 1 is 1.03 bits per heavy atom. The third kappa shape index (κ3) is 4.35. The Kier molecular flexibility index (Phi) is 6.26. The minimum Gasteiger partial charge on any atom is -0.494 e. The van der Waals surface area contributed by atoms with E-state index in [4.69, 9.17) is 4.74 Å². The second kappa shape index (κ2) is 9.69. The summed E-state index contributed by atoms with van der Waals surface area (Å²) in [6, 6.07) is 8.70. The van der Waals surface area contributed by atoms with Crippen LogP contribution in [0.25, 0.3) is 22.3 Å². The molecule has 11 nitrogen and oxygen atoms in total. The first-order chi connectivity index (χ1) is 17.9. The molecule has 1 aromatic carbocycles. The smallest absolute Gasteiger partial charge is 0.295 e. The van der Waals surface area contributed by atoms with Crippen molar-refractivity contribution in [3.8, 4) is 17.1 Å². The molecule has 37 heavy (non-hydrogen) atoms. The highest BCUT2D eigenvalue weighted by molar-refractivity contribution is 6.45. The highest BCUT2D eigenvalue weighted by Crippen LogP contribution is 2.34. The van der Waals surface area contributed by atoms with E-state index >= 15 is 0 Å². The second-order valence-corrected chi connectivity index (χ2v) is 8.72. The Morgan fingerprint density at radius 2 is 1.81 bits per heavy atom. The quantitative estimate of drug-likeness (QED) is 0.315. The number of ketones is 1. The maximum Gasteiger partial charge on any atom is 0.295 e. The number of pyridine rings is 1. The van der Waals surface area contributed by atoms with Gasteiger partial charge in [0.1, 0.15) is 17.1 Å². The van der Waals surface area contributed by atoms with E-state index in [1.807, 2.05) is 13.0 Å². The van der Waals surface area contributed by atoms with Crippen molar-refractivity contribution in [3.63, 3.8) is 0 Å². The number of aromatic nitrogens is 4. The largest absolute Gasteiger partial charge is 0.494 e. The number of rotatable bonds is 5. The molecule has 188 valence electrons. The molecule has 4 aromatic rings. The molecular weight excluding hydrogens is 476 g/mol. The topological polar surface area (TPSA) is 141 Å². The molecule has 1 fully saturated rings. The molecule has 0 aliphatic carbocycles. The van der Waals surface area contributed by atoms with Gasteiger partial charge >= 0.3 is 0 Å². The highest BCUT2D eigenvalue weighted by atomic mass is 16.5. The standard InChI is InChI=1S/C26H24N6O5/c1-15-14-31(8-9-32(15)25(35)16-6-4-3-5-7-16)26(36)24(34)17-10-29-23-21(17)19(37-2)12-30-22(23)18-11-28-20(33)13-27-18/h3-7,10-13,15,29H,8-9,14H2,1-2H3,(H,28,33). The number of hydrogen-bond acceptors (Lipinski definition) is 7. The van der Waals surface area contributed by atoms with Crippen molar-refractivity contribution < 1.29 is 19.1 Å². The van der Waals surface area contributed by atoms with Gasteiger partial charge in [-0.2, -0.15) is 0 Å². The van der Waals surface area contributed by atoms with Crippen LogP contribution in [0.4, 0.5) is 0 Å². The number of nitrogens with one attached hydrogen (secondary N) is 2. The molecule has 4 heterocycles. The Balaban J connectivity index is 1.40. The van der Waals surface area contributed by atoms with E-state index in [9.17, 15) is 19.2 Å². The molecule has 1 saturated heterocycles. The first-order valence-corrected chi connectivity index (χ1v) is 11.7. The average Bonchev–Trinajstić information content (AvgIpc) is 3.38. The Labute approximate surface area is 211 Å². The molecule has 0 saturated carbocycles. The van der Waals surface area contributed by atoms with Crippen LogP contribution in [0.2, 0.25) is 0 Å². The number of amides is 2. The number of carbonyl (C=O) groups is 3. The van der Waals surface area contributed by atoms with Gasteiger partial charge in [0.25, 0.3) is 23.2 Å². The first-order valence-electron chi connectivity index (χ1n) is 11.7. The van der Waals surface area contributed by atoms with E-state index < -0.39 is 11.7 Å². The van der Waals surface area contributed by atoms with E-state index in [0.29, 0.717) is 40.1 Å². The lowest BCUT2D eigenvalue weighted by molar-refractivity contribution is -0.128. The molecule has 3 aromatic heterocycles. The van der Waals surface area contributed by atoms with E-state index in [1.54, 1.807) is 29.2 Å². The van der Waals surface area contributed by atoms with Gasteiger partial charge in [0, 0.05) is 43.6 Å². The highest BCUT2D eigenvalue weighted by Gasteiger charge is 2.34. The molecular formula is C26H24N6O5. The molecule has 11 heteroatoms. The summed E-state index contributed by atoms with van der Waals surface area (Å²) in [6.45, 7) is 2.64. The van der Waals surface area contributed by atoms with Crippen molar-refractivity contribution in [2.24, 2.45) is 0 Å². The van der Waals surface area contributed by atoms with E-state index in [2.05, 4.69) is 19.9 Å². The van der Waals surface area contributed by atoms with Gasteiger partial charge in [-0.15, -0.1) is 0 Å². The fraction of sp³-hybridized carbons (Fsp3) is 0.231. The molecule has 1 aliphatic rings. The molecule has 0 bridgehead atoms. The Morgan fingerprint density at radius 3 is 2.49 bits per heavy atom. The van der Waals surface area contributed by atoms with E-state index in [1.165, 1.54) is 30.6 Å². The Bertz CT molecular complexity index is 1540. The molecule has 2 N–H and O–H groups in total. The summed E-state index contributed by atoms with van der Waals surface area (Å²) in [4.78, 5) is 68.2. The molecule has 0 radical (unpaired) electrons. The fourth-order valence-electron chi connectivity index (χ4n) is 4.57. The minimum absolute atomic E-state index is 0.108. The molecule has 1 aliphatic heterocycles. The number of H-pyrrole nitrogens is 2. The van der Waals surface area contributed by atoms with E-state index in [0.717, 1.165) is 6.20 Å². The number of Topliss-reactive ketones (excluding diaryl/α,β-unsaturated/α-hetero) is 1.